The lowest BCUT2D eigenvalue weighted by molar-refractivity contribution is -0.132. The van der Waals surface area contributed by atoms with Gasteiger partial charge in [0.1, 0.15) is 11.5 Å². The molecular weight excluding hydrogens is 238 g/mol. The Morgan fingerprint density at radius 3 is 2.44 bits per heavy atom. The summed E-state index contributed by atoms with van der Waals surface area (Å²) in [6, 6.07) is 6.15. The van der Waals surface area contributed by atoms with E-state index in [0.29, 0.717) is 5.76 Å². The van der Waals surface area contributed by atoms with Crippen LogP contribution in [0.15, 0.2) is 51.3 Å². The normalized spacial score (nSPS) is 11.2. The topological polar surface area (TPSA) is 92.7 Å². The number of carboxylic acid groups (broad SMARTS) is 1. The van der Waals surface area contributed by atoms with Crippen LogP contribution in [0.4, 0.5) is 0 Å². The minimum absolute atomic E-state index is 0.0293. The van der Waals surface area contributed by atoms with Gasteiger partial charge in [0.05, 0.1) is 12.5 Å². The van der Waals surface area contributed by atoms with Gasteiger partial charge in [0.15, 0.2) is 5.76 Å². The monoisotopic (exact) mass is 247 g/mol. The SMILES string of the molecule is O=C(O)/C(=C\c1ccco1)NC(=O)c1ccco1. The standard InChI is InChI=1S/C12H9NO5/c14-11(10-4-2-6-18-10)13-9(12(15)16)7-8-3-1-5-17-8/h1-7H,(H,13,14)(H,15,16)/b9-7+. The smallest absolute Gasteiger partial charge is 0.352 e. The number of aliphatic carboxylic acids is 1. The highest BCUT2D eigenvalue weighted by atomic mass is 16.4. The van der Waals surface area contributed by atoms with E-state index in [2.05, 4.69) is 5.32 Å². The summed E-state index contributed by atoms with van der Waals surface area (Å²) in [6.07, 6.45) is 3.94. The third-order valence-electron chi connectivity index (χ3n) is 2.05. The first-order valence-corrected chi connectivity index (χ1v) is 5.00. The van der Waals surface area contributed by atoms with Crippen LogP contribution in [0.3, 0.4) is 0 Å². The van der Waals surface area contributed by atoms with Crippen LogP contribution in [0, 0.1) is 0 Å². The van der Waals surface area contributed by atoms with Crippen molar-refractivity contribution in [2.75, 3.05) is 0 Å². The second kappa shape index (κ2) is 5.05. The summed E-state index contributed by atoms with van der Waals surface area (Å²) >= 11 is 0. The van der Waals surface area contributed by atoms with E-state index >= 15 is 0 Å². The Bertz CT molecular complexity index is 566. The molecule has 6 heteroatoms. The maximum atomic E-state index is 11.6. The van der Waals surface area contributed by atoms with Gasteiger partial charge in [-0.15, -0.1) is 0 Å². The van der Waals surface area contributed by atoms with Gasteiger partial charge in [0, 0.05) is 6.08 Å². The molecule has 6 nitrogen and oxygen atoms in total. The van der Waals surface area contributed by atoms with Gasteiger partial charge in [-0.1, -0.05) is 0 Å². The lowest BCUT2D eigenvalue weighted by Crippen LogP contribution is -2.26. The average Bonchev–Trinajstić information content (AvgIpc) is 3.00. The van der Waals surface area contributed by atoms with Gasteiger partial charge in [-0.3, -0.25) is 4.79 Å². The summed E-state index contributed by atoms with van der Waals surface area (Å²) < 4.78 is 9.83. The highest BCUT2D eigenvalue weighted by molar-refractivity contribution is 6.01. The Labute approximate surface area is 102 Å². The number of amides is 1. The first kappa shape index (κ1) is 11.7. The number of rotatable bonds is 4. The Morgan fingerprint density at radius 1 is 1.17 bits per heavy atom. The molecule has 0 aliphatic rings. The van der Waals surface area contributed by atoms with Gasteiger partial charge < -0.3 is 19.3 Å². The quantitative estimate of drug-likeness (QED) is 0.802. The molecule has 0 atom stereocenters. The molecule has 0 aliphatic carbocycles. The van der Waals surface area contributed by atoms with Gasteiger partial charge in [-0.05, 0) is 24.3 Å². The zero-order valence-corrected chi connectivity index (χ0v) is 9.12. The van der Waals surface area contributed by atoms with Gasteiger partial charge in [0.25, 0.3) is 5.91 Å². The second-order valence-corrected chi connectivity index (χ2v) is 3.31. The maximum absolute atomic E-state index is 11.6. The number of hydrogen-bond acceptors (Lipinski definition) is 4. The van der Waals surface area contributed by atoms with Crippen molar-refractivity contribution in [3.8, 4) is 0 Å². The second-order valence-electron chi connectivity index (χ2n) is 3.31. The molecule has 0 aromatic carbocycles. The average molecular weight is 247 g/mol. The summed E-state index contributed by atoms with van der Waals surface area (Å²) in [5.41, 5.74) is -0.300. The van der Waals surface area contributed by atoms with Crippen molar-refractivity contribution in [2.24, 2.45) is 0 Å². The molecule has 92 valence electrons. The van der Waals surface area contributed by atoms with Crippen molar-refractivity contribution in [3.63, 3.8) is 0 Å². The molecule has 0 saturated heterocycles. The molecule has 18 heavy (non-hydrogen) atoms. The summed E-state index contributed by atoms with van der Waals surface area (Å²) in [5.74, 6) is -1.56. The maximum Gasteiger partial charge on any atom is 0.352 e. The van der Waals surface area contributed by atoms with Crippen LogP contribution in [-0.4, -0.2) is 17.0 Å². The third kappa shape index (κ3) is 2.67. The van der Waals surface area contributed by atoms with E-state index in [-0.39, 0.29) is 11.5 Å². The van der Waals surface area contributed by atoms with Crippen molar-refractivity contribution in [1.29, 1.82) is 0 Å². The fourth-order valence-electron chi connectivity index (χ4n) is 1.26. The van der Waals surface area contributed by atoms with E-state index in [4.69, 9.17) is 13.9 Å². The Balaban J connectivity index is 2.17. The summed E-state index contributed by atoms with van der Waals surface area (Å²) in [4.78, 5) is 22.6. The lowest BCUT2D eigenvalue weighted by Gasteiger charge is -2.02. The van der Waals surface area contributed by atoms with E-state index in [9.17, 15) is 9.59 Å². The molecule has 0 saturated carbocycles. The van der Waals surface area contributed by atoms with Crippen LogP contribution >= 0.6 is 0 Å². The third-order valence-corrected chi connectivity index (χ3v) is 2.05. The lowest BCUT2D eigenvalue weighted by atomic mass is 10.3. The molecule has 2 heterocycles. The highest BCUT2D eigenvalue weighted by Gasteiger charge is 2.15. The van der Waals surface area contributed by atoms with Crippen LogP contribution in [0.25, 0.3) is 6.08 Å². The predicted octanol–water partition coefficient (Wildman–Crippen LogP) is 1.73. The van der Waals surface area contributed by atoms with Crippen molar-refractivity contribution in [3.05, 3.63) is 54.0 Å². The molecule has 1 amide bonds. The molecule has 0 bridgehead atoms. The van der Waals surface area contributed by atoms with E-state index in [1.165, 1.54) is 30.7 Å². The Kier molecular flexibility index (Phi) is 3.29. The van der Waals surface area contributed by atoms with Crippen LogP contribution in [0.2, 0.25) is 0 Å². The van der Waals surface area contributed by atoms with Gasteiger partial charge in [0.2, 0.25) is 0 Å². The van der Waals surface area contributed by atoms with Crippen molar-refractivity contribution < 1.29 is 23.5 Å². The highest BCUT2D eigenvalue weighted by Crippen LogP contribution is 2.07. The summed E-state index contributed by atoms with van der Waals surface area (Å²) in [7, 11) is 0. The molecule has 0 radical (unpaired) electrons. The molecule has 0 spiro atoms. The van der Waals surface area contributed by atoms with Crippen LogP contribution in [0.5, 0.6) is 0 Å². The number of carboxylic acids is 1. The van der Waals surface area contributed by atoms with Crippen molar-refractivity contribution in [2.45, 2.75) is 0 Å². The molecule has 2 N–H and O–H groups in total. The van der Waals surface area contributed by atoms with Crippen molar-refractivity contribution >= 4 is 18.0 Å². The number of furan rings is 2. The largest absolute Gasteiger partial charge is 0.477 e. The first-order chi connectivity index (χ1) is 8.66. The first-order valence-electron chi connectivity index (χ1n) is 5.00. The Morgan fingerprint density at radius 2 is 1.89 bits per heavy atom. The molecule has 0 fully saturated rings. The molecule has 2 rings (SSSR count). The molecule has 0 unspecified atom stereocenters. The summed E-state index contributed by atoms with van der Waals surface area (Å²) in [5, 5.41) is 11.2. The predicted molar refractivity (Wildman–Crippen MR) is 60.5 cm³/mol. The zero-order chi connectivity index (χ0) is 13.0. The van der Waals surface area contributed by atoms with Crippen LogP contribution in [0.1, 0.15) is 16.3 Å². The van der Waals surface area contributed by atoms with Gasteiger partial charge in [-0.2, -0.15) is 0 Å². The molecule has 2 aromatic rings. The van der Waals surface area contributed by atoms with E-state index in [1.807, 2.05) is 0 Å². The fourth-order valence-corrected chi connectivity index (χ4v) is 1.26. The molecule has 2 aromatic heterocycles. The number of carbonyl (C=O) groups is 2. The molecule has 0 aliphatic heterocycles. The molecular formula is C12H9NO5. The zero-order valence-electron chi connectivity index (χ0n) is 9.12. The van der Waals surface area contributed by atoms with Gasteiger partial charge >= 0.3 is 5.97 Å². The number of carbonyl (C=O) groups excluding carboxylic acids is 1. The van der Waals surface area contributed by atoms with Crippen LogP contribution in [-0.2, 0) is 4.79 Å². The summed E-state index contributed by atoms with van der Waals surface area (Å²) in [6.45, 7) is 0. The fraction of sp³-hybridized carbons (Fsp3) is 0. The van der Waals surface area contributed by atoms with Crippen LogP contribution < -0.4 is 5.32 Å². The van der Waals surface area contributed by atoms with E-state index in [1.54, 1.807) is 12.1 Å². The number of hydrogen-bond donors (Lipinski definition) is 2. The minimum Gasteiger partial charge on any atom is -0.477 e. The van der Waals surface area contributed by atoms with Gasteiger partial charge in [-0.25, -0.2) is 4.79 Å². The van der Waals surface area contributed by atoms with E-state index < -0.39 is 11.9 Å². The van der Waals surface area contributed by atoms with E-state index in [0.717, 1.165) is 0 Å². The Hall–Kier alpha value is -2.76. The number of nitrogens with one attached hydrogen (secondary N) is 1. The minimum atomic E-state index is -1.27. The van der Waals surface area contributed by atoms with Crippen molar-refractivity contribution in [1.82, 2.24) is 5.32 Å².